The summed E-state index contributed by atoms with van der Waals surface area (Å²) in [6, 6.07) is 3.93. The van der Waals surface area contributed by atoms with Crippen molar-refractivity contribution in [2.24, 2.45) is 5.41 Å². The summed E-state index contributed by atoms with van der Waals surface area (Å²) in [7, 11) is 0. The van der Waals surface area contributed by atoms with E-state index in [0.717, 1.165) is 11.2 Å². The van der Waals surface area contributed by atoms with Crippen molar-refractivity contribution in [3.8, 4) is 0 Å². The molecule has 2 aromatic rings. The van der Waals surface area contributed by atoms with E-state index in [9.17, 15) is 4.79 Å². The van der Waals surface area contributed by atoms with Crippen LogP contribution in [-0.2, 0) is 11.3 Å². The van der Waals surface area contributed by atoms with E-state index in [-0.39, 0.29) is 11.3 Å². The maximum atomic E-state index is 11.8. The highest BCUT2D eigenvalue weighted by Crippen LogP contribution is 2.14. The lowest BCUT2D eigenvalue weighted by atomic mass is 9.95. The van der Waals surface area contributed by atoms with Crippen molar-refractivity contribution in [1.29, 1.82) is 0 Å². The molecule has 2 heterocycles. The molecule has 0 unspecified atom stereocenters. The maximum absolute atomic E-state index is 11.8. The molecular formula is C13H17N3O. The maximum Gasteiger partial charge on any atom is 0.225 e. The van der Waals surface area contributed by atoms with Crippen LogP contribution in [0.2, 0.25) is 0 Å². The fourth-order valence-corrected chi connectivity index (χ4v) is 1.59. The summed E-state index contributed by atoms with van der Waals surface area (Å²) in [6.45, 7) is 6.22. The van der Waals surface area contributed by atoms with Crippen molar-refractivity contribution in [3.05, 3.63) is 36.3 Å². The highest BCUT2D eigenvalue weighted by atomic mass is 16.2. The zero-order chi connectivity index (χ0) is 12.5. The number of nitrogens with one attached hydrogen (secondary N) is 1. The van der Waals surface area contributed by atoms with Crippen molar-refractivity contribution in [2.45, 2.75) is 27.3 Å². The second-order valence-corrected chi connectivity index (χ2v) is 5.12. The lowest BCUT2D eigenvalue weighted by Crippen LogP contribution is -2.34. The van der Waals surface area contributed by atoms with Crippen molar-refractivity contribution in [1.82, 2.24) is 14.7 Å². The van der Waals surface area contributed by atoms with Crippen LogP contribution in [0.5, 0.6) is 0 Å². The van der Waals surface area contributed by atoms with Gasteiger partial charge in [-0.2, -0.15) is 0 Å². The van der Waals surface area contributed by atoms with E-state index in [4.69, 9.17) is 0 Å². The Morgan fingerprint density at radius 2 is 2.18 bits per heavy atom. The summed E-state index contributed by atoms with van der Waals surface area (Å²) < 4.78 is 1.94. The van der Waals surface area contributed by atoms with Gasteiger partial charge in [-0.15, -0.1) is 0 Å². The van der Waals surface area contributed by atoms with Gasteiger partial charge in [0.25, 0.3) is 0 Å². The fourth-order valence-electron chi connectivity index (χ4n) is 1.59. The van der Waals surface area contributed by atoms with E-state index in [0.29, 0.717) is 6.54 Å². The summed E-state index contributed by atoms with van der Waals surface area (Å²) in [6.07, 6.45) is 5.59. The van der Waals surface area contributed by atoms with Crippen molar-refractivity contribution < 1.29 is 4.79 Å². The van der Waals surface area contributed by atoms with Crippen LogP contribution in [0.15, 0.2) is 30.7 Å². The molecule has 2 rings (SSSR count). The molecule has 0 aliphatic rings. The van der Waals surface area contributed by atoms with E-state index in [1.807, 2.05) is 49.7 Å². The molecule has 0 radical (unpaired) electrons. The summed E-state index contributed by atoms with van der Waals surface area (Å²) in [5.74, 6) is 0.0473. The number of amides is 1. The van der Waals surface area contributed by atoms with E-state index in [1.54, 1.807) is 6.20 Å². The van der Waals surface area contributed by atoms with Crippen LogP contribution >= 0.6 is 0 Å². The number of nitrogens with zero attached hydrogens (tertiary/aromatic N) is 2. The average molecular weight is 231 g/mol. The van der Waals surface area contributed by atoms with Crippen LogP contribution in [0, 0.1) is 5.41 Å². The third-order valence-electron chi connectivity index (χ3n) is 2.62. The Morgan fingerprint density at radius 3 is 2.88 bits per heavy atom. The molecule has 0 saturated carbocycles. The first-order valence-electron chi connectivity index (χ1n) is 5.67. The number of aromatic nitrogens is 2. The molecule has 0 saturated heterocycles. The zero-order valence-corrected chi connectivity index (χ0v) is 10.4. The number of pyridine rings is 1. The lowest BCUT2D eigenvalue weighted by Gasteiger charge is -2.17. The Kier molecular flexibility index (Phi) is 2.88. The third kappa shape index (κ3) is 2.46. The predicted molar refractivity (Wildman–Crippen MR) is 66.5 cm³/mol. The molecule has 90 valence electrons. The normalized spacial score (nSPS) is 11.7. The molecule has 17 heavy (non-hydrogen) atoms. The van der Waals surface area contributed by atoms with E-state index >= 15 is 0 Å². The van der Waals surface area contributed by atoms with Gasteiger partial charge in [0, 0.05) is 36.1 Å². The molecule has 2 aromatic heterocycles. The van der Waals surface area contributed by atoms with Crippen molar-refractivity contribution in [3.63, 3.8) is 0 Å². The van der Waals surface area contributed by atoms with Crippen molar-refractivity contribution in [2.75, 3.05) is 0 Å². The van der Waals surface area contributed by atoms with Gasteiger partial charge in [0.2, 0.25) is 5.91 Å². The Morgan fingerprint density at radius 1 is 1.41 bits per heavy atom. The van der Waals surface area contributed by atoms with Gasteiger partial charge in [-0.05, 0) is 6.07 Å². The summed E-state index contributed by atoms with van der Waals surface area (Å²) in [4.78, 5) is 16.0. The number of rotatable bonds is 2. The molecular weight excluding hydrogens is 214 g/mol. The first kappa shape index (κ1) is 11.6. The minimum Gasteiger partial charge on any atom is -0.351 e. The molecule has 0 aliphatic heterocycles. The van der Waals surface area contributed by atoms with Gasteiger partial charge in [-0.1, -0.05) is 26.8 Å². The number of carbonyl (C=O) groups is 1. The average Bonchev–Trinajstić information content (AvgIpc) is 2.72. The molecule has 0 aliphatic carbocycles. The lowest BCUT2D eigenvalue weighted by molar-refractivity contribution is -0.128. The molecule has 0 spiro atoms. The molecule has 0 aromatic carbocycles. The second kappa shape index (κ2) is 4.20. The van der Waals surface area contributed by atoms with E-state index < -0.39 is 0 Å². The molecule has 4 nitrogen and oxygen atoms in total. The Hall–Kier alpha value is -1.84. The van der Waals surface area contributed by atoms with Gasteiger partial charge >= 0.3 is 0 Å². The molecule has 0 fully saturated rings. The summed E-state index contributed by atoms with van der Waals surface area (Å²) >= 11 is 0. The minimum atomic E-state index is -0.361. The molecule has 1 amide bonds. The number of fused-ring (bicyclic) bond motifs is 1. The summed E-state index contributed by atoms with van der Waals surface area (Å²) in [5.41, 5.74) is 1.55. The largest absolute Gasteiger partial charge is 0.351 e. The quantitative estimate of drug-likeness (QED) is 0.859. The number of carbonyl (C=O) groups excluding carboxylic acids is 1. The van der Waals surface area contributed by atoms with E-state index in [2.05, 4.69) is 10.3 Å². The van der Waals surface area contributed by atoms with E-state index in [1.165, 1.54) is 0 Å². The second-order valence-electron chi connectivity index (χ2n) is 5.12. The van der Waals surface area contributed by atoms with Crippen LogP contribution in [0.4, 0.5) is 0 Å². The first-order valence-corrected chi connectivity index (χ1v) is 5.67. The number of hydrogen-bond acceptors (Lipinski definition) is 2. The monoisotopic (exact) mass is 231 g/mol. The van der Waals surface area contributed by atoms with Gasteiger partial charge in [0.1, 0.15) is 5.65 Å². The van der Waals surface area contributed by atoms with Gasteiger partial charge in [0.05, 0.1) is 0 Å². The van der Waals surface area contributed by atoms with Crippen LogP contribution in [0.1, 0.15) is 26.3 Å². The Bertz CT molecular complexity index is 537. The molecule has 0 atom stereocenters. The van der Waals surface area contributed by atoms with Crippen molar-refractivity contribution >= 4 is 11.6 Å². The number of hydrogen-bond donors (Lipinski definition) is 1. The Labute approximate surface area is 101 Å². The summed E-state index contributed by atoms with van der Waals surface area (Å²) in [5, 5.41) is 2.93. The van der Waals surface area contributed by atoms with Gasteiger partial charge in [-0.3, -0.25) is 4.79 Å². The highest BCUT2D eigenvalue weighted by Gasteiger charge is 2.20. The topological polar surface area (TPSA) is 46.4 Å². The zero-order valence-electron chi connectivity index (χ0n) is 10.4. The van der Waals surface area contributed by atoms with Crippen LogP contribution in [0.3, 0.4) is 0 Å². The van der Waals surface area contributed by atoms with Gasteiger partial charge in [-0.25, -0.2) is 4.98 Å². The predicted octanol–water partition coefficient (Wildman–Crippen LogP) is 2.00. The molecule has 1 N–H and O–H groups in total. The first-order chi connectivity index (χ1) is 7.98. The van der Waals surface area contributed by atoms with Gasteiger partial charge in [0.15, 0.2) is 0 Å². The highest BCUT2D eigenvalue weighted by molar-refractivity contribution is 5.81. The standard InChI is InChI=1S/C13H17N3O/c1-13(2,3)12(17)15-9-10-5-4-7-16-8-6-14-11(10)16/h4-8H,9H2,1-3H3,(H,15,17). The van der Waals surface area contributed by atoms with Crippen LogP contribution < -0.4 is 5.32 Å². The van der Waals surface area contributed by atoms with Crippen LogP contribution in [-0.4, -0.2) is 15.3 Å². The van der Waals surface area contributed by atoms with Gasteiger partial charge < -0.3 is 9.72 Å². The SMILES string of the molecule is CC(C)(C)C(=O)NCc1cccn2ccnc12. The fraction of sp³-hybridized carbons (Fsp3) is 0.385. The Balaban J connectivity index is 2.14. The van der Waals surface area contributed by atoms with Crippen LogP contribution in [0.25, 0.3) is 5.65 Å². The molecule has 0 bridgehead atoms. The third-order valence-corrected chi connectivity index (χ3v) is 2.62. The molecule has 4 heteroatoms. The minimum absolute atomic E-state index is 0.0473. The number of imidazole rings is 1. The smallest absolute Gasteiger partial charge is 0.225 e.